The number of morpholine rings is 1. The molecule has 190 valence electrons. The van der Waals surface area contributed by atoms with Crippen molar-refractivity contribution in [2.45, 2.75) is 46.1 Å². The van der Waals surface area contributed by atoms with Crippen molar-refractivity contribution in [1.82, 2.24) is 4.90 Å². The zero-order valence-corrected chi connectivity index (χ0v) is 21.3. The summed E-state index contributed by atoms with van der Waals surface area (Å²) < 4.78 is 5.43. The minimum Gasteiger partial charge on any atom is -0.378 e. The van der Waals surface area contributed by atoms with E-state index in [0.717, 1.165) is 24.3 Å². The van der Waals surface area contributed by atoms with E-state index >= 15 is 0 Å². The van der Waals surface area contributed by atoms with Gasteiger partial charge in [-0.15, -0.1) is 0 Å². The molecule has 0 spiro atoms. The molecule has 0 aromatic heterocycles. The van der Waals surface area contributed by atoms with Gasteiger partial charge in [-0.25, -0.2) is 0 Å². The third-order valence-electron chi connectivity index (χ3n) is 8.85. The number of hydrogen-bond acceptors (Lipinski definition) is 5. The fourth-order valence-electron chi connectivity index (χ4n) is 6.09. The molecule has 2 saturated heterocycles. The maximum atomic E-state index is 13.8. The first-order valence-corrected chi connectivity index (χ1v) is 12.9. The Morgan fingerprint density at radius 2 is 1.69 bits per heavy atom. The van der Waals surface area contributed by atoms with Crippen LogP contribution in [0.2, 0.25) is 0 Å². The summed E-state index contributed by atoms with van der Waals surface area (Å²) in [5, 5.41) is 2.99. The molecule has 2 bridgehead atoms. The van der Waals surface area contributed by atoms with Gasteiger partial charge < -0.3 is 15.0 Å². The Bertz CT molecular complexity index is 1140. The van der Waals surface area contributed by atoms with E-state index in [1.165, 1.54) is 4.90 Å². The standard InChI is InChI=1S/C29H35N3O4/c1-28(2)23-13-14-29(28,3)27(35)32(26(23)34)24(19-20-7-5-4-6-8-20)25(33)30-21-9-11-22(12-10-21)31-15-17-36-18-16-31/h4-12,23-24H,13-19H2,1-3H3,(H,30,33). The zero-order chi connectivity index (χ0) is 25.5. The van der Waals surface area contributed by atoms with E-state index in [9.17, 15) is 14.4 Å². The minimum absolute atomic E-state index is 0.223. The molecule has 3 fully saturated rings. The van der Waals surface area contributed by atoms with Gasteiger partial charge in [0.05, 0.1) is 18.6 Å². The second-order valence-electron chi connectivity index (χ2n) is 11.0. The number of ether oxygens (including phenoxy) is 1. The van der Waals surface area contributed by atoms with Gasteiger partial charge in [-0.3, -0.25) is 19.3 Å². The van der Waals surface area contributed by atoms with Crippen molar-refractivity contribution < 1.29 is 19.1 Å². The molecule has 36 heavy (non-hydrogen) atoms. The Hall–Kier alpha value is -3.19. The second kappa shape index (κ2) is 9.36. The number of carbonyl (C=O) groups is 3. The molecule has 1 saturated carbocycles. The first kappa shape index (κ1) is 24.5. The summed E-state index contributed by atoms with van der Waals surface area (Å²) >= 11 is 0. The van der Waals surface area contributed by atoms with E-state index in [0.29, 0.717) is 31.7 Å². The molecule has 5 rings (SSSR count). The number of piperidine rings is 1. The molecule has 7 nitrogen and oxygen atoms in total. The van der Waals surface area contributed by atoms with Crippen molar-refractivity contribution in [3.8, 4) is 0 Å². The van der Waals surface area contributed by atoms with Crippen molar-refractivity contribution in [2.24, 2.45) is 16.7 Å². The van der Waals surface area contributed by atoms with Crippen LogP contribution in [0.3, 0.4) is 0 Å². The number of anilines is 2. The van der Waals surface area contributed by atoms with Crippen LogP contribution in [0.25, 0.3) is 0 Å². The molecule has 1 N–H and O–H groups in total. The van der Waals surface area contributed by atoms with Crippen molar-refractivity contribution in [1.29, 1.82) is 0 Å². The Kier molecular flexibility index (Phi) is 6.37. The zero-order valence-electron chi connectivity index (χ0n) is 21.3. The summed E-state index contributed by atoms with van der Waals surface area (Å²) in [6, 6.07) is 16.4. The number of imide groups is 1. The first-order valence-electron chi connectivity index (χ1n) is 12.9. The lowest BCUT2D eigenvalue weighted by Crippen LogP contribution is -2.64. The Morgan fingerprint density at radius 3 is 2.36 bits per heavy atom. The quantitative estimate of drug-likeness (QED) is 0.623. The van der Waals surface area contributed by atoms with Crippen LogP contribution >= 0.6 is 0 Å². The number of nitrogens with zero attached hydrogens (tertiary/aromatic N) is 2. The van der Waals surface area contributed by atoms with Crippen LogP contribution in [-0.4, -0.2) is 55.0 Å². The lowest BCUT2D eigenvalue weighted by molar-refractivity contribution is -0.172. The molecule has 2 aromatic carbocycles. The van der Waals surface area contributed by atoms with Crippen LogP contribution < -0.4 is 10.2 Å². The van der Waals surface area contributed by atoms with Gasteiger partial charge in [-0.1, -0.05) is 51.1 Å². The van der Waals surface area contributed by atoms with Gasteiger partial charge in [0.15, 0.2) is 0 Å². The molecule has 2 aliphatic heterocycles. The number of nitrogens with one attached hydrogen (secondary N) is 1. The maximum absolute atomic E-state index is 13.8. The lowest BCUT2D eigenvalue weighted by atomic mass is 9.62. The third-order valence-corrected chi connectivity index (χ3v) is 8.85. The van der Waals surface area contributed by atoms with Crippen LogP contribution in [0.15, 0.2) is 54.6 Å². The first-order chi connectivity index (χ1) is 17.2. The fourth-order valence-corrected chi connectivity index (χ4v) is 6.09. The lowest BCUT2D eigenvalue weighted by Gasteiger charge is -2.49. The van der Waals surface area contributed by atoms with Crippen LogP contribution in [0.5, 0.6) is 0 Å². The number of amides is 3. The third kappa shape index (κ3) is 4.09. The van der Waals surface area contributed by atoms with E-state index in [1.54, 1.807) is 0 Å². The molecule has 0 radical (unpaired) electrons. The average molecular weight is 490 g/mol. The molecule has 3 atom stereocenters. The molecule has 7 heteroatoms. The Balaban J connectivity index is 1.41. The van der Waals surface area contributed by atoms with Gasteiger partial charge in [-0.05, 0) is 48.1 Å². The van der Waals surface area contributed by atoms with Crippen molar-refractivity contribution in [3.05, 3.63) is 60.2 Å². The average Bonchev–Trinajstić information content (AvgIpc) is 3.07. The van der Waals surface area contributed by atoms with Crippen LogP contribution in [0.1, 0.15) is 39.2 Å². The highest BCUT2D eigenvalue weighted by Crippen LogP contribution is 2.60. The summed E-state index contributed by atoms with van der Waals surface area (Å²) in [5.41, 5.74) is 1.52. The fraction of sp³-hybridized carbons (Fsp3) is 0.483. The van der Waals surface area contributed by atoms with Crippen molar-refractivity contribution >= 4 is 29.1 Å². The normalized spacial score (nSPS) is 26.1. The van der Waals surface area contributed by atoms with E-state index in [4.69, 9.17) is 4.74 Å². The van der Waals surface area contributed by atoms with Gasteiger partial charge in [0, 0.05) is 36.8 Å². The van der Waals surface area contributed by atoms with E-state index < -0.39 is 16.9 Å². The molecule has 3 amide bonds. The predicted octanol–water partition coefficient (Wildman–Crippen LogP) is 3.88. The Labute approximate surface area is 212 Å². The summed E-state index contributed by atoms with van der Waals surface area (Å²) in [7, 11) is 0. The second-order valence-corrected chi connectivity index (χ2v) is 11.0. The number of carbonyl (C=O) groups excluding carboxylic acids is 3. The summed E-state index contributed by atoms with van der Waals surface area (Å²) in [6.07, 6.45) is 1.61. The molecule has 3 aliphatic rings. The van der Waals surface area contributed by atoms with Gasteiger partial charge in [0.2, 0.25) is 17.7 Å². The van der Waals surface area contributed by atoms with Crippen LogP contribution in [-0.2, 0) is 25.5 Å². The SMILES string of the molecule is CC12CCC(C(=O)N(C(Cc3ccccc3)C(=O)Nc3ccc(N4CCOCC4)cc3)C1=O)C2(C)C. The van der Waals surface area contributed by atoms with Gasteiger partial charge in [0.1, 0.15) is 6.04 Å². The molecular formula is C29H35N3O4. The van der Waals surface area contributed by atoms with Crippen molar-refractivity contribution in [2.75, 3.05) is 36.5 Å². The van der Waals surface area contributed by atoms with E-state index in [1.807, 2.05) is 75.4 Å². The highest BCUT2D eigenvalue weighted by molar-refractivity contribution is 6.09. The number of likely N-dealkylation sites (tertiary alicyclic amines) is 1. The summed E-state index contributed by atoms with van der Waals surface area (Å²) in [6.45, 7) is 9.06. The number of benzene rings is 2. The summed E-state index contributed by atoms with van der Waals surface area (Å²) in [5.74, 6) is -1.06. The largest absolute Gasteiger partial charge is 0.378 e. The highest BCUT2D eigenvalue weighted by Gasteiger charge is 2.65. The maximum Gasteiger partial charge on any atom is 0.248 e. The minimum atomic E-state index is -0.914. The number of hydrogen-bond donors (Lipinski definition) is 1. The highest BCUT2D eigenvalue weighted by atomic mass is 16.5. The van der Waals surface area contributed by atoms with E-state index in [2.05, 4.69) is 10.2 Å². The molecule has 2 aromatic rings. The monoisotopic (exact) mass is 489 g/mol. The molecule has 1 aliphatic carbocycles. The molecular weight excluding hydrogens is 454 g/mol. The molecule has 3 unspecified atom stereocenters. The topological polar surface area (TPSA) is 79.0 Å². The van der Waals surface area contributed by atoms with Crippen LogP contribution in [0, 0.1) is 16.7 Å². The smallest absolute Gasteiger partial charge is 0.248 e. The summed E-state index contributed by atoms with van der Waals surface area (Å²) in [4.78, 5) is 44.8. The number of fused-ring (bicyclic) bond motifs is 2. The van der Waals surface area contributed by atoms with Gasteiger partial charge >= 0.3 is 0 Å². The van der Waals surface area contributed by atoms with Crippen molar-refractivity contribution in [3.63, 3.8) is 0 Å². The Morgan fingerprint density at radius 1 is 1.03 bits per heavy atom. The number of rotatable bonds is 6. The van der Waals surface area contributed by atoms with Crippen LogP contribution in [0.4, 0.5) is 11.4 Å². The predicted molar refractivity (Wildman–Crippen MR) is 139 cm³/mol. The van der Waals surface area contributed by atoms with Gasteiger partial charge in [-0.2, -0.15) is 0 Å². The van der Waals surface area contributed by atoms with E-state index in [-0.39, 0.29) is 30.1 Å². The molecule has 2 heterocycles. The van der Waals surface area contributed by atoms with Gasteiger partial charge in [0.25, 0.3) is 0 Å².